The minimum Gasteiger partial charge on any atom is -0.373 e. The minimum atomic E-state index is -0.260. The number of rotatable bonds is 4. The van der Waals surface area contributed by atoms with E-state index in [2.05, 4.69) is 29.1 Å². The van der Waals surface area contributed by atoms with Crippen LogP contribution in [0.2, 0.25) is 0 Å². The Bertz CT molecular complexity index is 588. The van der Waals surface area contributed by atoms with E-state index in [4.69, 9.17) is 0 Å². The van der Waals surface area contributed by atoms with Crippen LogP contribution >= 0.6 is 0 Å². The van der Waals surface area contributed by atoms with Gasteiger partial charge >= 0.3 is 0 Å². The third kappa shape index (κ3) is 3.53. The van der Waals surface area contributed by atoms with Gasteiger partial charge < -0.3 is 5.32 Å². The first-order chi connectivity index (χ1) is 9.47. The summed E-state index contributed by atoms with van der Waals surface area (Å²) in [6.07, 6.45) is 0.874. The van der Waals surface area contributed by atoms with Gasteiger partial charge in [0, 0.05) is 24.4 Å². The molecule has 0 aliphatic carbocycles. The molecule has 0 bridgehead atoms. The number of hydrogen-bond donors (Lipinski definition) is 1. The molecular weight excluding hydrogens is 253 g/mol. The fourth-order valence-electron chi connectivity index (χ4n) is 2.14. The lowest BCUT2D eigenvalue weighted by Gasteiger charge is -2.10. The highest BCUT2D eigenvalue weighted by molar-refractivity contribution is 5.58. The van der Waals surface area contributed by atoms with Crippen LogP contribution in [-0.2, 0) is 6.42 Å². The zero-order chi connectivity index (χ0) is 14.7. The van der Waals surface area contributed by atoms with Crippen molar-refractivity contribution in [2.24, 2.45) is 5.92 Å². The van der Waals surface area contributed by atoms with E-state index in [1.54, 1.807) is 0 Å². The number of aryl methyl sites for hydroxylation is 1. The summed E-state index contributed by atoms with van der Waals surface area (Å²) < 4.78 is 13.5. The molecule has 0 spiro atoms. The zero-order valence-corrected chi connectivity index (χ0v) is 12.4. The van der Waals surface area contributed by atoms with Crippen LogP contribution in [0.5, 0.6) is 0 Å². The highest BCUT2D eigenvalue weighted by Crippen LogP contribution is 2.21. The molecule has 0 aliphatic heterocycles. The number of hydrogen-bond acceptors (Lipinski definition) is 3. The number of benzene rings is 1. The van der Waals surface area contributed by atoms with Crippen molar-refractivity contribution in [1.82, 2.24) is 9.97 Å². The Labute approximate surface area is 119 Å². The van der Waals surface area contributed by atoms with Crippen molar-refractivity contribution in [3.8, 4) is 11.4 Å². The van der Waals surface area contributed by atoms with Gasteiger partial charge in [0.25, 0.3) is 0 Å². The third-order valence-corrected chi connectivity index (χ3v) is 2.95. The van der Waals surface area contributed by atoms with Gasteiger partial charge in [0.15, 0.2) is 5.82 Å². The standard InChI is InChI=1S/C16H20FN3/c1-10(2)5-14-9-15(18-4)20-16(19-14)12-6-11(3)7-13(17)8-12/h6-10H,5H2,1-4H3,(H,18,19,20). The Hall–Kier alpha value is -1.97. The Kier molecular flexibility index (Phi) is 4.32. The molecule has 106 valence electrons. The first-order valence-corrected chi connectivity index (χ1v) is 6.81. The predicted octanol–water partition coefficient (Wildman–Crippen LogP) is 3.83. The van der Waals surface area contributed by atoms with E-state index in [1.807, 2.05) is 26.1 Å². The summed E-state index contributed by atoms with van der Waals surface area (Å²) in [6, 6.07) is 6.81. The molecule has 2 rings (SSSR count). The molecule has 1 heterocycles. The second-order valence-electron chi connectivity index (χ2n) is 5.43. The van der Waals surface area contributed by atoms with Crippen molar-refractivity contribution >= 4 is 5.82 Å². The van der Waals surface area contributed by atoms with E-state index >= 15 is 0 Å². The van der Waals surface area contributed by atoms with E-state index in [-0.39, 0.29) is 5.82 Å². The first kappa shape index (κ1) is 14.4. The molecule has 0 atom stereocenters. The van der Waals surface area contributed by atoms with Gasteiger partial charge in [0.2, 0.25) is 0 Å². The number of nitrogens with zero attached hydrogens (tertiary/aromatic N) is 2. The third-order valence-electron chi connectivity index (χ3n) is 2.95. The molecule has 2 aromatic rings. The van der Waals surface area contributed by atoms with Crippen molar-refractivity contribution < 1.29 is 4.39 Å². The summed E-state index contributed by atoms with van der Waals surface area (Å²) in [6.45, 7) is 6.16. The molecule has 3 nitrogen and oxygen atoms in total. The number of nitrogens with one attached hydrogen (secondary N) is 1. The van der Waals surface area contributed by atoms with E-state index in [0.29, 0.717) is 17.3 Å². The van der Waals surface area contributed by atoms with Crippen LogP contribution in [-0.4, -0.2) is 17.0 Å². The Morgan fingerprint density at radius 1 is 1.15 bits per heavy atom. The first-order valence-electron chi connectivity index (χ1n) is 6.81. The van der Waals surface area contributed by atoms with Crippen LogP contribution < -0.4 is 5.32 Å². The molecule has 0 unspecified atom stereocenters. The maximum Gasteiger partial charge on any atom is 0.161 e. The largest absolute Gasteiger partial charge is 0.373 e. The molecule has 0 amide bonds. The van der Waals surface area contributed by atoms with Gasteiger partial charge in [-0.2, -0.15) is 0 Å². The highest BCUT2D eigenvalue weighted by Gasteiger charge is 2.09. The molecule has 0 saturated carbocycles. The monoisotopic (exact) mass is 273 g/mol. The van der Waals surface area contributed by atoms with Crippen molar-refractivity contribution in [3.63, 3.8) is 0 Å². The second-order valence-corrected chi connectivity index (χ2v) is 5.43. The number of anilines is 1. The molecule has 20 heavy (non-hydrogen) atoms. The van der Waals surface area contributed by atoms with Gasteiger partial charge in [0.05, 0.1) is 0 Å². The minimum absolute atomic E-state index is 0.260. The molecule has 1 aromatic heterocycles. The van der Waals surface area contributed by atoms with Gasteiger partial charge in [-0.15, -0.1) is 0 Å². The van der Waals surface area contributed by atoms with Gasteiger partial charge in [0.1, 0.15) is 11.6 Å². The van der Waals surface area contributed by atoms with Crippen LogP contribution in [0.4, 0.5) is 10.2 Å². The van der Waals surface area contributed by atoms with Gasteiger partial charge in [-0.25, -0.2) is 14.4 Å². The highest BCUT2D eigenvalue weighted by atomic mass is 19.1. The quantitative estimate of drug-likeness (QED) is 0.920. The second kappa shape index (κ2) is 5.99. The fourth-order valence-corrected chi connectivity index (χ4v) is 2.14. The van der Waals surface area contributed by atoms with Crippen LogP contribution in [0.25, 0.3) is 11.4 Å². The van der Waals surface area contributed by atoms with Crippen molar-refractivity contribution in [3.05, 3.63) is 41.3 Å². The maximum atomic E-state index is 13.5. The Balaban J connectivity index is 2.49. The van der Waals surface area contributed by atoms with Crippen LogP contribution in [0.3, 0.4) is 0 Å². The van der Waals surface area contributed by atoms with E-state index in [9.17, 15) is 4.39 Å². The predicted molar refractivity (Wildman–Crippen MR) is 80.3 cm³/mol. The lowest BCUT2D eigenvalue weighted by atomic mass is 10.1. The molecule has 1 N–H and O–H groups in total. The molecule has 0 radical (unpaired) electrons. The van der Waals surface area contributed by atoms with Gasteiger partial charge in [-0.05, 0) is 43.0 Å². The summed E-state index contributed by atoms with van der Waals surface area (Å²) in [4.78, 5) is 8.98. The summed E-state index contributed by atoms with van der Waals surface area (Å²) in [7, 11) is 1.82. The Morgan fingerprint density at radius 2 is 1.90 bits per heavy atom. The van der Waals surface area contributed by atoms with Gasteiger partial charge in [-0.3, -0.25) is 0 Å². The molecular formula is C16H20FN3. The lowest BCUT2D eigenvalue weighted by molar-refractivity contribution is 0.626. The average Bonchev–Trinajstić information content (AvgIpc) is 2.36. The SMILES string of the molecule is CNc1cc(CC(C)C)nc(-c2cc(C)cc(F)c2)n1. The van der Waals surface area contributed by atoms with Crippen LogP contribution in [0.15, 0.2) is 24.3 Å². The lowest BCUT2D eigenvalue weighted by Crippen LogP contribution is -2.04. The Morgan fingerprint density at radius 3 is 2.50 bits per heavy atom. The maximum absolute atomic E-state index is 13.5. The van der Waals surface area contributed by atoms with Gasteiger partial charge in [-0.1, -0.05) is 13.8 Å². The number of halogens is 1. The normalized spacial score (nSPS) is 10.9. The van der Waals surface area contributed by atoms with Crippen LogP contribution in [0.1, 0.15) is 25.1 Å². The van der Waals surface area contributed by atoms with E-state index in [0.717, 1.165) is 23.5 Å². The zero-order valence-electron chi connectivity index (χ0n) is 12.4. The summed E-state index contributed by atoms with van der Waals surface area (Å²) in [5, 5.41) is 3.04. The molecule has 1 aromatic carbocycles. The van der Waals surface area contributed by atoms with Crippen molar-refractivity contribution in [2.45, 2.75) is 27.2 Å². The molecule has 0 saturated heterocycles. The smallest absolute Gasteiger partial charge is 0.161 e. The molecule has 4 heteroatoms. The topological polar surface area (TPSA) is 37.8 Å². The summed E-state index contributed by atoms with van der Waals surface area (Å²) in [5.41, 5.74) is 2.55. The van der Waals surface area contributed by atoms with Crippen LogP contribution in [0, 0.1) is 18.7 Å². The molecule has 0 aliphatic rings. The fraction of sp³-hybridized carbons (Fsp3) is 0.375. The van der Waals surface area contributed by atoms with E-state index < -0.39 is 0 Å². The average molecular weight is 273 g/mol. The molecule has 0 fully saturated rings. The number of aromatic nitrogens is 2. The summed E-state index contributed by atoms with van der Waals surface area (Å²) >= 11 is 0. The van der Waals surface area contributed by atoms with Crippen molar-refractivity contribution in [2.75, 3.05) is 12.4 Å². The van der Waals surface area contributed by atoms with E-state index in [1.165, 1.54) is 12.1 Å². The summed E-state index contributed by atoms with van der Waals surface area (Å²) in [5.74, 6) is 1.57. The van der Waals surface area contributed by atoms with Crippen molar-refractivity contribution in [1.29, 1.82) is 0 Å².